The molecule has 0 unspecified atom stereocenters. The van der Waals surface area contributed by atoms with Crippen molar-refractivity contribution in [2.45, 2.75) is 27.2 Å². The van der Waals surface area contributed by atoms with E-state index in [4.69, 9.17) is 4.74 Å². The maximum absolute atomic E-state index is 5.42. The molecule has 1 aromatic heterocycles. The average Bonchev–Trinajstić information content (AvgIpc) is 2.50. The molecule has 0 saturated carbocycles. The summed E-state index contributed by atoms with van der Waals surface area (Å²) in [5.74, 6) is 2.96. The second-order valence-corrected chi connectivity index (χ2v) is 5.46. The molecule has 1 aromatic carbocycles. The molecule has 22 heavy (non-hydrogen) atoms. The second kappa shape index (κ2) is 8.22. The highest BCUT2D eigenvalue weighted by molar-refractivity contribution is 5.55. The van der Waals surface area contributed by atoms with Gasteiger partial charge in [0.1, 0.15) is 11.6 Å². The smallest absolute Gasteiger partial charge is 0.229 e. The average molecular weight is 300 g/mol. The van der Waals surface area contributed by atoms with Gasteiger partial charge >= 0.3 is 0 Å². The van der Waals surface area contributed by atoms with E-state index in [1.54, 1.807) is 6.20 Å². The lowest BCUT2D eigenvalue weighted by Crippen LogP contribution is -2.07. The van der Waals surface area contributed by atoms with Crippen LogP contribution >= 0.6 is 0 Å². The van der Waals surface area contributed by atoms with Crippen molar-refractivity contribution in [1.82, 2.24) is 9.97 Å². The summed E-state index contributed by atoms with van der Waals surface area (Å²) in [4.78, 5) is 8.70. The maximum atomic E-state index is 5.42. The lowest BCUT2D eigenvalue weighted by Gasteiger charge is -2.10. The monoisotopic (exact) mass is 300 g/mol. The van der Waals surface area contributed by atoms with Crippen molar-refractivity contribution in [1.29, 1.82) is 0 Å². The first kappa shape index (κ1) is 16.1. The van der Waals surface area contributed by atoms with Gasteiger partial charge in [0.2, 0.25) is 5.95 Å². The Bertz CT molecular complexity index is 569. The van der Waals surface area contributed by atoms with Crippen LogP contribution in [0.3, 0.4) is 0 Å². The Morgan fingerprint density at radius 1 is 1.14 bits per heavy atom. The Kier molecular flexibility index (Phi) is 6.01. The first-order chi connectivity index (χ1) is 10.7. The van der Waals surface area contributed by atoms with Crippen LogP contribution < -0.4 is 15.4 Å². The van der Waals surface area contributed by atoms with E-state index in [0.717, 1.165) is 30.2 Å². The van der Waals surface area contributed by atoms with Crippen LogP contribution in [0.15, 0.2) is 36.5 Å². The highest BCUT2D eigenvalue weighted by Crippen LogP contribution is 2.18. The van der Waals surface area contributed by atoms with Crippen LogP contribution in [0.25, 0.3) is 0 Å². The van der Waals surface area contributed by atoms with Crippen LogP contribution in [-0.2, 0) is 0 Å². The number of hydrogen-bond acceptors (Lipinski definition) is 5. The number of nitrogens with one attached hydrogen (secondary N) is 2. The van der Waals surface area contributed by atoms with Gasteiger partial charge in [0.25, 0.3) is 0 Å². The fourth-order valence-corrected chi connectivity index (χ4v) is 1.94. The SMILES string of the molecule is CCOc1ccc(Nc2nccc(NCCC(C)C)n2)cc1. The summed E-state index contributed by atoms with van der Waals surface area (Å²) < 4.78 is 5.42. The van der Waals surface area contributed by atoms with Crippen molar-refractivity contribution in [2.24, 2.45) is 5.92 Å². The molecule has 0 aliphatic rings. The summed E-state index contributed by atoms with van der Waals surface area (Å²) in [6, 6.07) is 9.64. The van der Waals surface area contributed by atoms with E-state index in [9.17, 15) is 0 Å². The minimum absolute atomic E-state index is 0.582. The van der Waals surface area contributed by atoms with E-state index >= 15 is 0 Å². The molecule has 5 nitrogen and oxygen atoms in total. The summed E-state index contributed by atoms with van der Waals surface area (Å²) in [5.41, 5.74) is 0.933. The van der Waals surface area contributed by atoms with E-state index in [2.05, 4.69) is 34.4 Å². The molecular formula is C17H24N4O. The van der Waals surface area contributed by atoms with Gasteiger partial charge in [-0.15, -0.1) is 0 Å². The fraction of sp³-hybridized carbons (Fsp3) is 0.412. The van der Waals surface area contributed by atoms with E-state index < -0.39 is 0 Å². The molecule has 5 heteroatoms. The molecule has 1 heterocycles. The number of nitrogens with zero attached hydrogens (tertiary/aromatic N) is 2. The minimum Gasteiger partial charge on any atom is -0.494 e. The van der Waals surface area contributed by atoms with Crippen molar-refractivity contribution in [3.05, 3.63) is 36.5 Å². The number of benzene rings is 1. The molecule has 0 fully saturated rings. The molecule has 0 amide bonds. The van der Waals surface area contributed by atoms with Gasteiger partial charge in [-0.3, -0.25) is 0 Å². The van der Waals surface area contributed by atoms with Gasteiger partial charge in [-0.1, -0.05) is 13.8 Å². The van der Waals surface area contributed by atoms with Crippen LogP contribution in [0.1, 0.15) is 27.2 Å². The Labute approximate surface area is 132 Å². The highest BCUT2D eigenvalue weighted by atomic mass is 16.5. The quantitative estimate of drug-likeness (QED) is 0.769. The molecule has 0 aliphatic carbocycles. The molecule has 0 aliphatic heterocycles. The van der Waals surface area contributed by atoms with Crippen molar-refractivity contribution in [2.75, 3.05) is 23.8 Å². The van der Waals surface area contributed by atoms with Crippen LogP contribution in [0.2, 0.25) is 0 Å². The predicted octanol–water partition coefficient (Wildman–Crippen LogP) is 4.08. The number of rotatable bonds is 8. The Balaban J connectivity index is 1.94. The number of ether oxygens (including phenoxy) is 1. The zero-order chi connectivity index (χ0) is 15.8. The number of hydrogen-bond donors (Lipinski definition) is 2. The molecule has 0 bridgehead atoms. The van der Waals surface area contributed by atoms with E-state index in [1.807, 2.05) is 37.3 Å². The van der Waals surface area contributed by atoms with Gasteiger partial charge < -0.3 is 15.4 Å². The van der Waals surface area contributed by atoms with E-state index in [1.165, 1.54) is 0 Å². The van der Waals surface area contributed by atoms with Crippen molar-refractivity contribution in [3.63, 3.8) is 0 Å². The normalized spacial score (nSPS) is 10.5. The fourth-order valence-electron chi connectivity index (χ4n) is 1.94. The third-order valence-corrected chi connectivity index (χ3v) is 3.10. The summed E-state index contributed by atoms with van der Waals surface area (Å²) in [6.45, 7) is 7.97. The predicted molar refractivity (Wildman–Crippen MR) is 90.9 cm³/mol. The highest BCUT2D eigenvalue weighted by Gasteiger charge is 2.01. The van der Waals surface area contributed by atoms with Crippen LogP contribution in [0, 0.1) is 5.92 Å². The van der Waals surface area contributed by atoms with Crippen LogP contribution in [-0.4, -0.2) is 23.1 Å². The second-order valence-electron chi connectivity index (χ2n) is 5.46. The Morgan fingerprint density at radius 2 is 1.91 bits per heavy atom. The first-order valence-corrected chi connectivity index (χ1v) is 7.74. The molecule has 0 spiro atoms. The van der Waals surface area contributed by atoms with Gasteiger partial charge in [-0.2, -0.15) is 4.98 Å². The topological polar surface area (TPSA) is 59.1 Å². The molecule has 0 radical (unpaired) electrons. The van der Waals surface area contributed by atoms with Gasteiger partial charge in [-0.05, 0) is 49.6 Å². The van der Waals surface area contributed by atoms with Gasteiger partial charge in [0.05, 0.1) is 6.61 Å². The Morgan fingerprint density at radius 3 is 2.59 bits per heavy atom. The summed E-state index contributed by atoms with van der Waals surface area (Å²) >= 11 is 0. The third kappa shape index (κ3) is 5.24. The minimum atomic E-state index is 0.582. The molecular weight excluding hydrogens is 276 g/mol. The van der Waals surface area contributed by atoms with E-state index in [0.29, 0.717) is 18.5 Å². The summed E-state index contributed by atoms with van der Waals surface area (Å²) in [6.07, 6.45) is 2.87. The number of anilines is 3. The van der Waals surface area contributed by atoms with Gasteiger partial charge in [0.15, 0.2) is 0 Å². The summed E-state index contributed by atoms with van der Waals surface area (Å²) in [7, 11) is 0. The molecule has 2 aromatic rings. The molecule has 118 valence electrons. The van der Waals surface area contributed by atoms with Crippen molar-refractivity contribution in [3.8, 4) is 5.75 Å². The number of aromatic nitrogens is 2. The molecule has 2 rings (SSSR count). The zero-order valence-electron chi connectivity index (χ0n) is 13.5. The van der Waals surface area contributed by atoms with Gasteiger partial charge in [-0.25, -0.2) is 4.98 Å². The van der Waals surface area contributed by atoms with Gasteiger partial charge in [0, 0.05) is 18.4 Å². The zero-order valence-corrected chi connectivity index (χ0v) is 13.5. The van der Waals surface area contributed by atoms with Crippen LogP contribution in [0.5, 0.6) is 5.75 Å². The lowest BCUT2D eigenvalue weighted by molar-refractivity contribution is 0.340. The van der Waals surface area contributed by atoms with Crippen molar-refractivity contribution < 1.29 is 4.74 Å². The third-order valence-electron chi connectivity index (χ3n) is 3.10. The van der Waals surface area contributed by atoms with Crippen molar-refractivity contribution >= 4 is 17.5 Å². The van der Waals surface area contributed by atoms with Crippen LogP contribution in [0.4, 0.5) is 17.5 Å². The molecule has 0 atom stereocenters. The maximum Gasteiger partial charge on any atom is 0.229 e. The molecule has 2 N–H and O–H groups in total. The first-order valence-electron chi connectivity index (χ1n) is 7.74. The lowest BCUT2D eigenvalue weighted by atomic mass is 10.1. The van der Waals surface area contributed by atoms with E-state index in [-0.39, 0.29) is 0 Å². The largest absolute Gasteiger partial charge is 0.494 e. The standard InChI is InChI=1S/C17H24N4O/c1-4-22-15-7-5-14(6-8-15)20-17-19-12-10-16(21-17)18-11-9-13(2)3/h5-8,10,12-13H,4,9,11H2,1-3H3,(H2,18,19,20,21). The Hall–Kier alpha value is -2.30. The molecule has 0 saturated heterocycles. The summed E-state index contributed by atoms with van der Waals surface area (Å²) in [5, 5.41) is 6.51.